The van der Waals surface area contributed by atoms with E-state index in [-0.39, 0.29) is 19.0 Å². The van der Waals surface area contributed by atoms with E-state index < -0.39 is 5.60 Å². The number of pyridine rings is 2. The molecule has 10 heteroatoms. The van der Waals surface area contributed by atoms with E-state index in [2.05, 4.69) is 15.3 Å². The molecule has 0 radical (unpaired) electrons. The van der Waals surface area contributed by atoms with Crippen LogP contribution in [0.4, 0.5) is 15.9 Å². The van der Waals surface area contributed by atoms with Crippen LogP contribution in [0.25, 0.3) is 11.3 Å². The Morgan fingerprint density at radius 1 is 0.975 bits per heavy atom. The standard InChI is InChI=1S/C30H30FN5O4/c31-25-13-20(19-7-11-38-12-8-19)1-4-24(25)29-26(16-36(35-29)22-2-3-22)40-23-6-10-33-28(15-23)34-21-5-9-32-27(14-21)30(37)17-39-18-30/h1,4-6,9-10,13-16,19,22,37H,2-3,7-8,11-12,17-18H2,(H,32,33,34). The molecule has 0 unspecified atom stereocenters. The molecule has 5 heterocycles. The molecule has 206 valence electrons. The molecule has 4 aromatic rings. The maximum absolute atomic E-state index is 15.5. The normalized spacial score (nSPS) is 18.8. The number of hydrogen-bond donors (Lipinski definition) is 2. The van der Waals surface area contributed by atoms with Crippen LogP contribution in [0.5, 0.6) is 11.5 Å². The number of rotatable bonds is 8. The van der Waals surface area contributed by atoms with Gasteiger partial charge in [0.05, 0.1) is 31.1 Å². The van der Waals surface area contributed by atoms with Gasteiger partial charge in [-0.1, -0.05) is 6.07 Å². The Morgan fingerprint density at radius 2 is 1.80 bits per heavy atom. The lowest BCUT2D eigenvalue weighted by atomic mass is 9.90. The summed E-state index contributed by atoms with van der Waals surface area (Å²) in [5.41, 5.74) is 2.09. The highest BCUT2D eigenvalue weighted by Gasteiger charge is 2.39. The summed E-state index contributed by atoms with van der Waals surface area (Å²) in [6.07, 6.45) is 9.02. The van der Waals surface area contributed by atoms with Gasteiger partial charge in [-0.2, -0.15) is 5.10 Å². The van der Waals surface area contributed by atoms with E-state index in [1.54, 1.807) is 42.7 Å². The molecule has 3 aromatic heterocycles. The Morgan fingerprint density at radius 3 is 2.55 bits per heavy atom. The molecule has 1 aromatic carbocycles. The second kappa shape index (κ2) is 10.3. The molecule has 0 bridgehead atoms. The Balaban J connectivity index is 1.14. The first-order valence-electron chi connectivity index (χ1n) is 13.7. The minimum Gasteiger partial charge on any atom is -0.453 e. The molecule has 9 nitrogen and oxygen atoms in total. The van der Waals surface area contributed by atoms with Crippen LogP contribution < -0.4 is 10.1 Å². The summed E-state index contributed by atoms with van der Waals surface area (Å²) >= 11 is 0. The van der Waals surface area contributed by atoms with Gasteiger partial charge in [0.15, 0.2) is 11.4 Å². The van der Waals surface area contributed by atoms with Crippen LogP contribution in [-0.2, 0) is 15.1 Å². The maximum atomic E-state index is 15.5. The molecule has 0 amide bonds. The fourth-order valence-corrected chi connectivity index (χ4v) is 5.19. The summed E-state index contributed by atoms with van der Waals surface area (Å²) < 4.78 is 34.3. The van der Waals surface area contributed by atoms with Gasteiger partial charge in [0.25, 0.3) is 0 Å². The van der Waals surface area contributed by atoms with Crippen LogP contribution in [0.15, 0.2) is 61.1 Å². The predicted molar refractivity (Wildman–Crippen MR) is 145 cm³/mol. The minimum atomic E-state index is -1.06. The first-order chi connectivity index (χ1) is 19.5. The van der Waals surface area contributed by atoms with Crippen molar-refractivity contribution in [3.8, 4) is 22.8 Å². The molecular formula is C30H30FN5O4. The highest BCUT2D eigenvalue weighted by Crippen LogP contribution is 2.41. The van der Waals surface area contributed by atoms with Gasteiger partial charge < -0.3 is 24.6 Å². The van der Waals surface area contributed by atoms with Gasteiger partial charge in [0.2, 0.25) is 0 Å². The van der Waals surface area contributed by atoms with E-state index in [0.29, 0.717) is 59.4 Å². The van der Waals surface area contributed by atoms with E-state index in [1.807, 2.05) is 23.0 Å². The van der Waals surface area contributed by atoms with Gasteiger partial charge in [-0.15, -0.1) is 0 Å². The summed E-state index contributed by atoms with van der Waals surface area (Å²) in [5, 5.41) is 18.5. The third-order valence-corrected chi connectivity index (χ3v) is 7.71. The van der Waals surface area contributed by atoms with Crippen molar-refractivity contribution in [2.45, 2.75) is 43.2 Å². The molecule has 2 saturated heterocycles. The summed E-state index contributed by atoms with van der Waals surface area (Å²) in [6.45, 7) is 1.86. The van der Waals surface area contributed by atoms with Crippen LogP contribution in [-0.4, -0.2) is 51.3 Å². The van der Waals surface area contributed by atoms with E-state index in [1.165, 1.54) is 0 Å². The van der Waals surface area contributed by atoms with E-state index >= 15 is 4.39 Å². The van der Waals surface area contributed by atoms with Gasteiger partial charge in [-0.05, 0) is 67.5 Å². The molecule has 40 heavy (non-hydrogen) atoms. The first kappa shape index (κ1) is 25.1. The number of hydrogen-bond acceptors (Lipinski definition) is 8. The topological polar surface area (TPSA) is 104 Å². The fraction of sp³-hybridized carbons (Fsp3) is 0.367. The molecule has 7 rings (SSSR count). The lowest BCUT2D eigenvalue weighted by Gasteiger charge is -2.35. The van der Waals surface area contributed by atoms with Crippen molar-refractivity contribution in [1.82, 2.24) is 19.7 Å². The molecule has 1 saturated carbocycles. The predicted octanol–water partition coefficient (Wildman–Crippen LogP) is 5.46. The lowest BCUT2D eigenvalue weighted by molar-refractivity contribution is -0.186. The number of anilines is 2. The largest absolute Gasteiger partial charge is 0.453 e. The second-order valence-corrected chi connectivity index (χ2v) is 10.7. The van der Waals surface area contributed by atoms with Crippen molar-refractivity contribution < 1.29 is 23.7 Å². The highest BCUT2D eigenvalue weighted by atomic mass is 19.1. The molecule has 1 aliphatic carbocycles. The smallest absolute Gasteiger partial charge is 0.173 e. The van der Waals surface area contributed by atoms with Gasteiger partial charge in [-0.3, -0.25) is 9.67 Å². The van der Waals surface area contributed by atoms with Crippen LogP contribution in [0.1, 0.15) is 48.9 Å². The Kier molecular flexibility index (Phi) is 6.45. The van der Waals surface area contributed by atoms with Crippen molar-refractivity contribution in [3.63, 3.8) is 0 Å². The van der Waals surface area contributed by atoms with Crippen LogP contribution in [0.3, 0.4) is 0 Å². The van der Waals surface area contributed by atoms with Crippen LogP contribution in [0.2, 0.25) is 0 Å². The molecule has 0 spiro atoms. The van der Waals surface area contributed by atoms with E-state index in [0.717, 1.165) is 36.9 Å². The zero-order chi connectivity index (χ0) is 27.1. The zero-order valence-corrected chi connectivity index (χ0v) is 21.9. The monoisotopic (exact) mass is 543 g/mol. The first-order valence-corrected chi connectivity index (χ1v) is 13.7. The van der Waals surface area contributed by atoms with E-state index in [9.17, 15) is 5.11 Å². The average Bonchev–Trinajstić information content (AvgIpc) is 3.73. The number of ether oxygens (including phenoxy) is 3. The Hall–Kier alpha value is -3.86. The average molecular weight is 544 g/mol. The van der Waals surface area contributed by atoms with Gasteiger partial charge in [-0.25, -0.2) is 9.37 Å². The summed E-state index contributed by atoms with van der Waals surface area (Å²) in [6, 6.07) is 12.9. The number of aromatic nitrogens is 4. The molecule has 2 N–H and O–H groups in total. The third-order valence-electron chi connectivity index (χ3n) is 7.71. The second-order valence-electron chi connectivity index (χ2n) is 10.7. The van der Waals surface area contributed by atoms with Crippen molar-refractivity contribution in [2.24, 2.45) is 0 Å². The molecule has 3 fully saturated rings. The number of halogens is 1. The van der Waals surface area contributed by atoms with Gasteiger partial charge in [0.1, 0.15) is 23.1 Å². The molecule has 0 atom stereocenters. The number of aliphatic hydroxyl groups is 1. The summed E-state index contributed by atoms with van der Waals surface area (Å²) in [7, 11) is 0. The van der Waals surface area contributed by atoms with Crippen molar-refractivity contribution in [3.05, 3.63) is 78.1 Å². The number of nitrogens with one attached hydrogen (secondary N) is 1. The van der Waals surface area contributed by atoms with E-state index in [4.69, 9.17) is 19.3 Å². The van der Waals surface area contributed by atoms with Crippen LogP contribution in [0, 0.1) is 5.82 Å². The quantitative estimate of drug-likeness (QED) is 0.302. The SMILES string of the molecule is OC1(c2cc(Nc3cc(Oc4cn(C5CC5)nc4-c4ccc(C5CCOCC5)cc4F)ccn3)ccn2)COC1. The maximum Gasteiger partial charge on any atom is 0.173 e. The van der Waals surface area contributed by atoms with Crippen molar-refractivity contribution >= 4 is 11.5 Å². The summed E-state index contributed by atoms with van der Waals surface area (Å²) in [5.74, 6) is 1.57. The zero-order valence-electron chi connectivity index (χ0n) is 21.9. The van der Waals surface area contributed by atoms with Crippen molar-refractivity contribution in [1.29, 1.82) is 0 Å². The lowest BCUT2D eigenvalue weighted by Crippen LogP contribution is -2.47. The molecular weight excluding hydrogens is 513 g/mol. The molecule has 2 aliphatic heterocycles. The Bertz CT molecular complexity index is 1530. The highest BCUT2D eigenvalue weighted by molar-refractivity contribution is 5.68. The van der Waals surface area contributed by atoms with Gasteiger partial charge >= 0.3 is 0 Å². The Labute approximate surface area is 230 Å². The number of nitrogens with zero attached hydrogens (tertiary/aromatic N) is 4. The minimum absolute atomic E-state index is 0.223. The molecule has 3 aliphatic rings. The van der Waals surface area contributed by atoms with Crippen molar-refractivity contribution in [2.75, 3.05) is 31.7 Å². The van der Waals surface area contributed by atoms with Gasteiger partial charge in [0, 0.05) is 42.9 Å². The van der Waals surface area contributed by atoms with Crippen LogP contribution >= 0.6 is 0 Å². The third kappa shape index (κ3) is 5.05. The summed E-state index contributed by atoms with van der Waals surface area (Å²) in [4.78, 5) is 8.69. The number of benzene rings is 1. The fourth-order valence-electron chi connectivity index (χ4n) is 5.19.